The summed E-state index contributed by atoms with van der Waals surface area (Å²) in [7, 11) is -3.37. The second-order valence-corrected chi connectivity index (χ2v) is 12.7. The highest BCUT2D eigenvalue weighted by molar-refractivity contribution is 7.88. The molecule has 7 heteroatoms. The van der Waals surface area contributed by atoms with Gasteiger partial charge in [0.1, 0.15) is 11.9 Å². The Hall–Kier alpha value is -3.06. The van der Waals surface area contributed by atoms with Crippen molar-refractivity contribution in [1.82, 2.24) is 9.21 Å². The van der Waals surface area contributed by atoms with Crippen molar-refractivity contribution in [3.05, 3.63) is 125 Å². The van der Waals surface area contributed by atoms with E-state index in [0.29, 0.717) is 26.2 Å². The van der Waals surface area contributed by atoms with Crippen molar-refractivity contribution in [2.75, 3.05) is 26.2 Å². The summed E-state index contributed by atoms with van der Waals surface area (Å²) in [5.41, 5.74) is 3.27. The lowest BCUT2D eigenvalue weighted by Crippen LogP contribution is -2.50. The molecule has 0 radical (unpaired) electrons. The van der Waals surface area contributed by atoms with Gasteiger partial charge in [-0.25, -0.2) is 8.42 Å². The molecular weight excluding hydrogens is 528 g/mol. The van der Waals surface area contributed by atoms with Crippen LogP contribution in [0.15, 0.2) is 109 Å². The summed E-state index contributed by atoms with van der Waals surface area (Å²) in [5, 5.41) is 0.725. The molecule has 1 aliphatic heterocycles. The minimum atomic E-state index is -3.37. The smallest absolute Gasteiger partial charge is 0.218 e. The number of ether oxygens (including phenoxy) is 1. The standard InChI is InChI=1S/C32H35ClN2O3S/c1-25(38-29-11-6-3-7-12-29)30-13-8-14-32(31(30)23-26-15-17-28(33)18-16-26)34-19-21-35(22-20-34)39(36,37)24-27-9-4-2-5-10-27/h2-18,25,30-31H,19-24H2,1H3. The van der Waals surface area contributed by atoms with Crippen LogP contribution < -0.4 is 4.74 Å². The van der Waals surface area contributed by atoms with Gasteiger partial charge in [-0.1, -0.05) is 84.4 Å². The molecule has 0 amide bonds. The van der Waals surface area contributed by atoms with Gasteiger partial charge in [0.15, 0.2) is 0 Å². The second kappa shape index (κ2) is 12.4. The summed E-state index contributed by atoms with van der Waals surface area (Å²) in [6, 6.07) is 27.4. The van der Waals surface area contributed by atoms with Crippen LogP contribution in [0.1, 0.15) is 18.1 Å². The highest BCUT2D eigenvalue weighted by atomic mass is 35.5. The molecule has 3 aromatic rings. The molecule has 0 spiro atoms. The number of piperazine rings is 1. The number of benzene rings is 3. The average Bonchev–Trinajstić information content (AvgIpc) is 2.95. The number of sulfonamides is 1. The third-order valence-electron chi connectivity index (χ3n) is 7.61. The normalized spacial score (nSPS) is 20.9. The zero-order valence-electron chi connectivity index (χ0n) is 22.2. The maximum absolute atomic E-state index is 13.1. The summed E-state index contributed by atoms with van der Waals surface area (Å²) >= 11 is 6.17. The lowest BCUT2D eigenvalue weighted by Gasteiger charge is -2.42. The van der Waals surface area contributed by atoms with Gasteiger partial charge in [-0.05, 0) is 54.8 Å². The van der Waals surface area contributed by atoms with E-state index >= 15 is 0 Å². The van der Waals surface area contributed by atoms with E-state index < -0.39 is 10.0 Å². The topological polar surface area (TPSA) is 49.9 Å². The summed E-state index contributed by atoms with van der Waals surface area (Å²) in [4.78, 5) is 2.36. The lowest BCUT2D eigenvalue weighted by atomic mass is 9.78. The van der Waals surface area contributed by atoms with Crippen LogP contribution in [0.4, 0.5) is 0 Å². The van der Waals surface area contributed by atoms with Crippen LogP contribution in [0.3, 0.4) is 0 Å². The first-order chi connectivity index (χ1) is 18.9. The molecular formula is C32H35ClN2O3S. The van der Waals surface area contributed by atoms with Gasteiger partial charge >= 0.3 is 0 Å². The Labute approximate surface area is 237 Å². The van der Waals surface area contributed by atoms with Gasteiger partial charge in [0.25, 0.3) is 0 Å². The molecule has 0 N–H and O–H groups in total. The number of allylic oxidation sites excluding steroid dienone is 3. The largest absolute Gasteiger partial charge is 0.490 e. The van der Waals surface area contributed by atoms with Gasteiger partial charge in [-0.15, -0.1) is 0 Å². The molecule has 3 aromatic carbocycles. The summed E-state index contributed by atoms with van der Waals surface area (Å²) in [6.07, 6.45) is 7.37. The minimum absolute atomic E-state index is 0.0366. The van der Waals surface area contributed by atoms with Gasteiger partial charge in [0.05, 0.1) is 5.75 Å². The number of para-hydroxylation sites is 1. The Balaban J connectivity index is 1.32. The third-order valence-corrected chi connectivity index (χ3v) is 9.71. The van der Waals surface area contributed by atoms with Crippen molar-refractivity contribution < 1.29 is 13.2 Å². The Kier molecular flexibility index (Phi) is 8.75. The van der Waals surface area contributed by atoms with E-state index in [1.54, 1.807) is 4.31 Å². The monoisotopic (exact) mass is 562 g/mol. The number of nitrogens with zero attached hydrogens (tertiary/aromatic N) is 2. The first-order valence-corrected chi connectivity index (χ1v) is 15.5. The van der Waals surface area contributed by atoms with Crippen LogP contribution in [-0.4, -0.2) is 49.9 Å². The van der Waals surface area contributed by atoms with Crippen molar-refractivity contribution in [3.63, 3.8) is 0 Å². The minimum Gasteiger partial charge on any atom is -0.490 e. The van der Waals surface area contributed by atoms with Crippen LogP contribution in [0.5, 0.6) is 5.75 Å². The molecule has 204 valence electrons. The fraction of sp³-hybridized carbons (Fsp3) is 0.312. The number of rotatable bonds is 9. The van der Waals surface area contributed by atoms with Gasteiger partial charge in [0.2, 0.25) is 10.0 Å². The van der Waals surface area contributed by atoms with Crippen molar-refractivity contribution in [1.29, 1.82) is 0 Å². The fourth-order valence-corrected chi connectivity index (χ4v) is 7.21. The predicted octanol–water partition coefficient (Wildman–Crippen LogP) is 6.18. The van der Waals surface area contributed by atoms with E-state index in [9.17, 15) is 8.42 Å². The Morgan fingerprint density at radius 2 is 1.51 bits per heavy atom. The number of hydrogen-bond acceptors (Lipinski definition) is 4. The second-order valence-electron chi connectivity index (χ2n) is 10.3. The fourth-order valence-electron chi connectivity index (χ4n) is 5.57. The summed E-state index contributed by atoms with van der Waals surface area (Å²) in [5.74, 6) is 1.23. The molecule has 1 aliphatic carbocycles. The molecule has 39 heavy (non-hydrogen) atoms. The third kappa shape index (κ3) is 6.93. The lowest BCUT2D eigenvalue weighted by molar-refractivity contribution is 0.125. The maximum atomic E-state index is 13.1. The molecule has 2 aliphatic rings. The van der Waals surface area contributed by atoms with Crippen LogP contribution >= 0.6 is 11.6 Å². The summed E-state index contributed by atoms with van der Waals surface area (Å²) in [6.45, 7) is 4.40. The van der Waals surface area contributed by atoms with Crippen LogP contribution in [0, 0.1) is 11.8 Å². The van der Waals surface area contributed by atoms with E-state index in [4.69, 9.17) is 16.3 Å². The van der Waals surface area contributed by atoms with Crippen LogP contribution in [0.2, 0.25) is 5.02 Å². The van der Waals surface area contributed by atoms with Crippen molar-refractivity contribution in [2.24, 2.45) is 11.8 Å². The van der Waals surface area contributed by atoms with Gasteiger partial charge < -0.3 is 9.64 Å². The Morgan fingerprint density at radius 1 is 0.872 bits per heavy atom. The zero-order chi connectivity index (χ0) is 27.2. The molecule has 5 nitrogen and oxygen atoms in total. The zero-order valence-corrected chi connectivity index (χ0v) is 23.8. The van der Waals surface area contributed by atoms with Crippen LogP contribution in [0.25, 0.3) is 0 Å². The average molecular weight is 563 g/mol. The number of hydrogen-bond donors (Lipinski definition) is 0. The first kappa shape index (κ1) is 27.5. The van der Waals surface area contributed by atoms with E-state index in [1.807, 2.05) is 72.8 Å². The molecule has 3 unspecified atom stereocenters. The number of halogens is 1. The van der Waals surface area contributed by atoms with Crippen molar-refractivity contribution >= 4 is 21.6 Å². The molecule has 0 bridgehead atoms. The molecule has 1 heterocycles. The van der Waals surface area contributed by atoms with Crippen molar-refractivity contribution in [2.45, 2.75) is 25.2 Å². The van der Waals surface area contributed by atoms with Crippen molar-refractivity contribution in [3.8, 4) is 5.75 Å². The highest BCUT2D eigenvalue weighted by Gasteiger charge is 2.36. The molecule has 0 saturated carbocycles. The highest BCUT2D eigenvalue weighted by Crippen LogP contribution is 2.36. The first-order valence-electron chi connectivity index (χ1n) is 13.5. The van der Waals surface area contributed by atoms with E-state index in [-0.39, 0.29) is 23.7 Å². The van der Waals surface area contributed by atoms with E-state index in [2.05, 4.69) is 42.2 Å². The predicted molar refractivity (Wildman–Crippen MR) is 158 cm³/mol. The maximum Gasteiger partial charge on any atom is 0.218 e. The van der Waals surface area contributed by atoms with E-state index in [1.165, 1.54) is 11.3 Å². The molecule has 3 atom stereocenters. The molecule has 1 saturated heterocycles. The Morgan fingerprint density at radius 3 is 2.18 bits per heavy atom. The molecule has 1 fully saturated rings. The van der Waals surface area contributed by atoms with Gasteiger partial charge in [-0.2, -0.15) is 4.31 Å². The van der Waals surface area contributed by atoms with Crippen LogP contribution in [-0.2, 0) is 22.2 Å². The van der Waals surface area contributed by atoms with Gasteiger partial charge in [-0.3, -0.25) is 0 Å². The SMILES string of the molecule is CC(Oc1ccccc1)C1C=CC=C(N2CCN(S(=O)(=O)Cc3ccccc3)CC2)C1Cc1ccc(Cl)cc1. The quantitative estimate of drug-likeness (QED) is 0.312. The Bertz CT molecular complexity index is 1380. The molecule has 0 aromatic heterocycles. The molecule has 5 rings (SSSR count). The summed E-state index contributed by atoms with van der Waals surface area (Å²) < 4.78 is 34.3. The van der Waals surface area contributed by atoms with E-state index in [0.717, 1.165) is 22.8 Å². The van der Waals surface area contributed by atoms with Gasteiger partial charge in [0, 0.05) is 48.7 Å².